The molecule has 0 saturated carbocycles. The predicted octanol–water partition coefficient (Wildman–Crippen LogP) is 4.07. The first-order valence-corrected chi connectivity index (χ1v) is 12.1. The SMILES string of the molecule is Cc1ccc(-c2c(C)c(C(=O)NN3CCCC3COCC(N)=O)nn2-c2ccc(Cl)cc2Cl)cc1. The van der Waals surface area contributed by atoms with Crippen LogP contribution in [0.3, 0.4) is 0 Å². The first kappa shape index (κ1) is 25.2. The highest BCUT2D eigenvalue weighted by Crippen LogP contribution is 2.33. The molecular weight excluding hydrogens is 489 g/mol. The van der Waals surface area contributed by atoms with E-state index in [-0.39, 0.29) is 24.2 Å². The number of hydrogen-bond acceptors (Lipinski definition) is 5. The largest absolute Gasteiger partial charge is 0.370 e. The number of aromatic nitrogens is 2. The highest BCUT2D eigenvalue weighted by Gasteiger charge is 2.29. The van der Waals surface area contributed by atoms with E-state index in [1.807, 2.05) is 43.1 Å². The lowest BCUT2D eigenvalue weighted by molar-refractivity contribution is -0.123. The maximum atomic E-state index is 13.4. The van der Waals surface area contributed by atoms with Crippen LogP contribution in [0.15, 0.2) is 42.5 Å². The summed E-state index contributed by atoms with van der Waals surface area (Å²) >= 11 is 12.6. The van der Waals surface area contributed by atoms with Crippen molar-refractivity contribution in [2.75, 3.05) is 19.8 Å². The van der Waals surface area contributed by atoms with Gasteiger partial charge in [0.05, 0.1) is 29.1 Å². The van der Waals surface area contributed by atoms with Gasteiger partial charge in [0.15, 0.2) is 5.69 Å². The zero-order valence-corrected chi connectivity index (χ0v) is 21.1. The number of amides is 2. The molecule has 1 aromatic heterocycles. The molecule has 3 aromatic rings. The average molecular weight is 516 g/mol. The number of nitrogens with two attached hydrogens (primary N) is 1. The van der Waals surface area contributed by atoms with E-state index in [4.69, 9.17) is 33.7 Å². The topological polar surface area (TPSA) is 102 Å². The minimum atomic E-state index is -0.524. The van der Waals surface area contributed by atoms with Crippen molar-refractivity contribution in [2.45, 2.75) is 32.7 Å². The van der Waals surface area contributed by atoms with Crippen LogP contribution in [0.4, 0.5) is 0 Å². The quantitative estimate of drug-likeness (QED) is 0.470. The molecule has 0 spiro atoms. The Kier molecular flexibility index (Phi) is 7.76. The van der Waals surface area contributed by atoms with Crippen LogP contribution in [0, 0.1) is 13.8 Å². The molecule has 1 unspecified atom stereocenters. The summed E-state index contributed by atoms with van der Waals surface area (Å²) in [5.41, 5.74) is 12.5. The first-order chi connectivity index (χ1) is 16.7. The van der Waals surface area contributed by atoms with Crippen LogP contribution in [0.1, 0.15) is 34.5 Å². The van der Waals surface area contributed by atoms with Gasteiger partial charge < -0.3 is 10.5 Å². The van der Waals surface area contributed by atoms with Gasteiger partial charge in [0.1, 0.15) is 6.61 Å². The highest BCUT2D eigenvalue weighted by atomic mass is 35.5. The molecule has 2 heterocycles. The fourth-order valence-electron chi connectivity index (χ4n) is 4.22. The van der Waals surface area contributed by atoms with Crippen molar-refractivity contribution < 1.29 is 14.3 Å². The Morgan fingerprint density at radius 2 is 1.91 bits per heavy atom. The molecule has 1 fully saturated rings. The molecule has 8 nitrogen and oxygen atoms in total. The second-order valence-corrected chi connectivity index (χ2v) is 9.45. The smallest absolute Gasteiger partial charge is 0.286 e. The van der Waals surface area contributed by atoms with E-state index in [9.17, 15) is 9.59 Å². The van der Waals surface area contributed by atoms with Crippen LogP contribution in [0.2, 0.25) is 10.0 Å². The van der Waals surface area contributed by atoms with Crippen molar-refractivity contribution in [3.05, 3.63) is 69.3 Å². The number of carbonyl (C=O) groups excluding carboxylic acids is 2. The second kappa shape index (κ2) is 10.8. The maximum absolute atomic E-state index is 13.4. The van der Waals surface area contributed by atoms with Gasteiger partial charge in [0, 0.05) is 22.7 Å². The molecule has 1 atom stereocenters. The Bertz CT molecular complexity index is 1240. The molecule has 35 heavy (non-hydrogen) atoms. The predicted molar refractivity (Wildman–Crippen MR) is 136 cm³/mol. The summed E-state index contributed by atoms with van der Waals surface area (Å²) < 4.78 is 7.06. The lowest BCUT2D eigenvalue weighted by Crippen LogP contribution is -2.47. The third kappa shape index (κ3) is 5.67. The van der Waals surface area contributed by atoms with E-state index in [2.05, 4.69) is 10.5 Å². The van der Waals surface area contributed by atoms with E-state index in [0.29, 0.717) is 28.9 Å². The fraction of sp³-hybridized carbons (Fsp3) is 0.320. The molecule has 0 radical (unpaired) electrons. The molecule has 184 valence electrons. The van der Waals surface area contributed by atoms with Crippen LogP contribution < -0.4 is 11.2 Å². The van der Waals surface area contributed by atoms with E-state index in [0.717, 1.165) is 35.2 Å². The minimum Gasteiger partial charge on any atom is -0.370 e. The molecule has 2 aromatic carbocycles. The second-order valence-electron chi connectivity index (χ2n) is 8.61. The van der Waals surface area contributed by atoms with Gasteiger partial charge in [0.2, 0.25) is 5.91 Å². The summed E-state index contributed by atoms with van der Waals surface area (Å²) in [6, 6.07) is 13.1. The first-order valence-electron chi connectivity index (χ1n) is 11.3. The number of nitrogens with one attached hydrogen (secondary N) is 1. The van der Waals surface area contributed by atoms with Crippen LogP contribution in [0.25, 0.3) is 16.9 Å². The van der Waals surface area contributed by atoms with Crippen LogP contribution >= 0.6 is 23.2 Å². The monoisotopic (exact) mass is 515 g/mol. The number of ether oxygens (including phenoxy) is 1. The number of rotatable bonds is 8. The summed E-state index contributed by atoms with van der Waals surface area (Å²) in [7, 11) is 0. The van der Waals surface area contributed by atoms with Crippen LogP contribution in [-0.2, 0) is 9.53 Å². The number of benzene rings is 2. The normalized spacial score (nSPS) is 15.9. The number of hydrogen-bond donors (Lipinski definition) is 2. The van der Waals surface area contributed by atoms with Crippen molar-refractivity contribution in [1.82, 2.24) is 20.2 Å². The van der Waals surface area contributed by atoms with Gasteiger partial charge in [-0.05, 0) is 44.9 Å². The number of hydrazine groups is 1. The summed E-state index contributed by atoms with van der Waals surface area (Å²) in [4.78, 5) is 24.3. The van der Waals surface area contributed by atoms with E-state index in [1.165, 1.54) is 0 Å². The van der Waals surface area contributed by atoms with Crippen LogP contribution in [0.5, 0.6) is 0 Å². The van der Waals surface area contributed by atoms with Gasteiger partial charge >= 0.3 is 0 Å². The Balaban J connectivity index is 1.67. The third-order valence-corrected chi connectivity index (χ3v) is 6.51. The standard InChI is InChI=1S/C25H27Cl2N5O3/c1-15-5-7-17(8-6-15)24-16(2)23(29-32(24)21-10-9-18(26)12-20(21)27)25(34)30-31-11-3-4-19(31)13-35-14-22(28)33/h5-10,12,19H,3-4,11,13-14H2,1-2H3,(H2,28,33)(H,30,34). The van der Waals surface area contributed by atoms with Crippen molar-refractivity contribution in [3.8, 4) is 16.9 Å². The zero-order chi connectivity index (χ0) is 25.1. The molecule has 0 bridgehead atoms. The summed E-state index contributed by atoms with van der Waals surface area (Å²) in [5, 5.41) is 7.45. The maximum Gasteiger partial charge on any atom is 0.286 e. The molecule has 1 saturated heterocycles. The minimum absolute atomic E-state index is 0.0528. The zero-order valence-electron chi connectivity index (χ0n) is 19.6. The Hall–Kier alpha value is -2.91. The number of nitrogens with zero attached hydrogens (tertiary/aromatic N) is 3. The van der Waals surface area contributed by atoms with Gasteiger partial charge in [0.25, 0.3) is 5.91 Å². The fourth-order valence-corrected chi connectivity index (χ4v) is 4.71. The Morgan fingerprint density at radius 3 is 2.60 bits per heavy atom. The number of carbonyl (C=O) groups is 2. The molecule has 1 aliphatic rings. The third-order valence-electron chi connectivity index (χ3n) is 5.98. The van der Waals surface area contributed by atoms with E-state index in [1.54, 1.807) is 22.9 Å². The van der Waals surface area contributed by atoms with Crippen LogP contribution in [-0.4, -0.2) is 52.4 Å². The molecule has 1 aliphatic heterocycles. The summed E-state index contributed by atoms with van der Waals surface area (Å²) in [5.74, 6) is -0.856. The molecule has 3 N–H and O–H groups in total. The number of primary amides is 1. The number of aryl methyl sites for hydroxylation is 1. The van der Waals surface area contributed by atoms with Gasteiger partial charge in [-0.15, -0.1) is 0 Å². The number of halogens is 2. The molecule has 4 rings (SSSR count). The van der Waals surface area contributed by atoms with E-state index < -0.39 is 5.91 Å². The summed E-state index contributed by atoms with van der Waals surface area (Å²) in [6.45, 7) is 4.70. The van der Waals surface area contributed by atoms with Gasteiger partial charge in [-0.25, -0.2) is 9.69 Å². The highest BCUT2D eigenvalue weighted by molar-refractivity contribution is 6.35. The molecule has 0 aliphatic carbocycles. The van der Waals surface area contributed by atoms with Crippen molar-refractivity contribution in [3.63, 3.8) is 0 Å². The van der Waals surface area contributed by atoms with Crippen molar-refractivity contribution in [2.24, 2.45) is 5.73 Å². The van der Waals surface area contributed by atoms with Gasteiger partial charge in [-0.1, -0.05) is 53.0 Å². The Labute approximate surface area is 213 Å². The molecule has 10 heteroatoms. The molecule has 2 amide bonds. The van der Waals surface area contributed by atoms with Gasteiger partial charge in [-0.2, -0.15) is 5.10 Å². The van der Waals surface area contributed by atoms with Gasteiger partial charge in [-0.3, -0.25) is 15.0 Å². The average Bonchev–Trinajstić information content (AvgIpc) is 3.38. The van der Waals surface area contributed by atoms with E-state index >= 15 is 0 Å². The summed E-state index contributed by atoms with van der Waals surface area (Å²) in [6.07, 6.45) is 1.73. The molecular formula is C25H27Cl2N5O3. The van der Waals surface area contributed by atoms with Crippen molar-refractivity contribution >= 4 is 35.0 Å². The lowest BCUT2D eigenvalue weighted by atomic mass is 10.0. The Morgan fingerprint density at radius 1 is 1.17 bits per heavy atom. The lowest BCUT2D eigenvalue weighted by Gasteiger charge is -2.24. The van der Waals surface area contributed by atoms with Crippen molar-refractivity contribution in [1.29, 1.82) is 0 Å².